The van der Waals surface area contributed by atoms with Gasteiger partial charge in [0.25, 0.3) is 5.91 Å². The summed E-state index contributed by atoms with van der Waals surface area (Å²) in [6.07, 6.45) is 1.57. The highest BCUT2D eigenvalue weighted by molar-refractivity contribution is 6.31. The van der Waals surface area contributed by atoms with Gasteiger partial charge in [-0.25, -0.2) is 9.59 Å². The van der Waals surface area contributed by atoms with E-state index in [2.05, 4.69) is 5.32 Å². The Morgan fingerprint density at radius 3 is 2.42 bits per heavy atom. The molecule has 1 fully saturated rings. The van der Waals surface area contributed by atoms with Crippen LogP contribution in [0.5, 0.6) is 5.75 Å². The average molecular weight is 463 g/mol. The molecule has 1 aliphatic heterocycles. The number of amides is 3. The lowest BCUT2D eigenvalue weighted by Gasteiger charge is -2.13. The van der Waals surface area contributed by atoms with Crippen LogP contribution in [0, 0.1) is 0 Å². The van der Waals surface area contributed by atoms with E-state index in [0.29, 0.717) is 21.9 Å². The molecule has 0 unspecified atom stereocenters. The van der Waals surface area contributed by atoms with Crippen LogP contribution in [0.25, 0.3) is 6.08 Å². The highest BCUT2D eigenvalue weighted by atomic mass is 35.5. The molecule has 0 bridgehead atoms. The highest BCUT2D eigenvalue weighted by Crippen LogP contribution is 2.25. The van der Waals surface area contributed by atoms with Gasteiger partial charge in [-0.1, -0.05) is 60.1 Å². The van der Waals surface area contributed by atoms with Crippen LogP contribution < -0.4 is 10.1 Å². The summed E-state index contributed by atoms with van der Waals surface area (Å²) in [6, 6.07) is 20.0. The Hall–Kier alpha value is -4.10. The summed E-state index contributed by atoms with van der Waals surface area (Å²) in [6.45, 7) is 0.269. The summed E-state index contributed by atoms with van der Waals surface area (Å²) in [4.78, 5) is 37.4. The standard InChI is InChI=1S/C25H19ClN2O5/c26-20-7-3-1-6-19(20)14-28-23(29)21(27-25(28)32)13-18-5-2-4-8-22(18)33-15-16-9-11-17(12-10-16)24(30)31/h1-13H,14-15H2,(H,27,32)(H,30,31)/b21-13-. The van der Waals surface area contributed by atoms with Crippen molar-refractivity contribution in [3.05, 3.63) is 106 Å². The number of aromatic carboxylic acids is 1. The highest BCUT2D eigenvalue weighted by Gasteiger charge is 2.34. The number of hydrogen-bond donors (Lipinski definition) is 2. The summed E-state index contributed by atoms with van der Waals surface area (Å²) < 4.78 is 5.89. The van der Waals surface area contributed by atoms with Gasteiger partial charge < -0.3 is 15.2 Å². The molecule has 3 aromatic rings. The number of imide groups is 1. The first-order chi connectivity index (χ1) is 15.9. The van der Waals surface area contributed by atoms with Crippen LogP contribution in [0.15, 0.2) is 78.5 Å². The lowest BCUT2D eigenvalue weighted by atomic mass is 10.1. The summed E-state index contributed by atoms with van der Waals surface area (Å²) in [5.74, 6) is -0.941. The van der Waals surface area contributed by atoms with Gasteiger partial charge in [-0.3, -0.25) is 9.69 Å². The molecule has 3 amide bonds. The molecule has 0 spiro atoms. The average Bonchev–Trinajstić information content (AvgIpc) is 3.07. The van der Waals surface area contributed by atoms with E-state index >= 15 is 0 Å². The van der Waals surface area contributed by atoms with E-state index < -0.39 is 17.9 Å². The maximum absolute atomic E-state index is 12.9. The molecule has 2 N–H and O–H groups in total. The van der Waals surface area contributed by atoms with Crippen molar-refractivity contribution in [2.45, 2.75) is 13.2 Å². The number of carbonyl (C=O) groups is 3. The van der Waals surface area contributed by atoms with Gasteiger partial charge >= 0.3 is 12.0 Å². The first-order valence-electron chi connectivity index (χ1n) is 10.0. The van der Waals surface area contributed by atoms with E-state index in [4.69, 9.17) is 21.4 Å². The van der Waals surface area contributed by atoms with Crippen molar-refractivity contribution in [3.63, 3.8) is 0 Å². The third-order valence-electron chi connectivity index (χ3n) is 5.06. The number of carbonyl (C=O) groups excluding carboxylic acids is 2. The normalized spacial score (nSPS) is 14.5. The Bertz CT molecular complexity index is 1250. The lowest BCUT2D eigenvalue weighted by Crippen LogP contribution is -2.30. The quantitative estimate of drug-likeness (QED) is 0.391. The molecule has 1 heterocycles. The van der Waals surface area contributed by atoms with Gasteiger partial charge in [-0.05, 0) is 41.5 Å². The summed E-state index contributed by atoms with van der Waals surface area (Å²) in [5, 5.41) is 12.1. The van der Waals surface area contributed by atoms with E-state index in [-0.39, 0.29) is 24.4 Å². The smallest absolute Gasteiger partial charge is 0.335 e. The molecule has 1 saturated heterocycles. The fraction of sp³-hybridized carbons (Fsp3) is 0.0800. The number of ether oxygens (including phenoxy) is 1. The van der Waals surface area contributed by atoms with Gasteiger partial charge in [0.15, 0.2) is 0 Å². The second-order valence-corrected chi connectivity index (χ2v) is 7.71. The lowest BCUT2D eigenvalue weighted by molar-refractivity contribution is -0.123. The van der Waals surface area contributed by atoms with Crippen molar-refractivity contribution >= 4 is 35.6 Å². The minimum atomic E-state index is -0.994. The largest absolute Gasteiger partial charge is 0.488 e. The van der Waals surface area contributed by atoms with Crippen LogP contribution in [0.1, 0.15) is 27.0 Å². The number of urea groups is 1. The molecule has 0 atom stereocenters. The molecule has 0 saturated carbocycles. The molecule has 4 rings (SSSR count). The fourth-order valence-electron chi connectivity index (χ4n) is 3.30. The van der Waals surface area contributed by atoms with Crippen molar-refractivity contribution in [2.75, 3.05) is 0 Å². The molecule has 33 heavy (non-hydrogen) atoms. The van der Waals surface area contributed by atoms with Crippen molar-refractivity contribution in [2.24, 2.45) is 0 Å². The number of para-hydroxylation sites is 1. The maximum atomic E-state index is 12.9. The third-order valence-corrected chi connectivity index (χ3v) is 5.43. The number of benzene rings is 3. The van der Waals surface area contributed by atoms with Crippen molar-refractivity contribution in [3.8, 4) is 5.75 Å². The SMILES string of the molecule is O=C(O)c1ccc(COc2ccccc2/C=C2\NC(=O)N(Cc3ccccc3Cl)C2=O)cc1. The number of halogens is 1. The second kappa shape index (κ2) is 9.58. The van der Waals surface area contributed by atoms with E-state index in [1.54, 1.807) is 66.7 Å². The number of hydrogen-bond acceptors (Lipinski definition) is 4. The summed E-state index contributed by atoms with van der Waals surface area (Å²) >= 11 is 6.16. The van der Waals surface area contributed by atoms with Crippen molar-refractivity contribution in [1.29, 1.82) is 0 Å². The minimum Gasteiger partial charge on any atom is -0.488 e. The van der Waals surface area contributed by atoms with Gasteiger partial charge in [0.1, 0.15) is 18.1 Å². The van der Waals surface area contributed by atoms with E-state index in [9.17, 15) is 14.4 Å². The van der Waals surface area contributed by atoms with Crippen LogP contribution in [0.4, 0.5) is 4.79 Å². The number of nitrogens with zero attached hydrogens (tertiary/aromatic N) is 1. The fourth-order valence-corrected chi connectivity index (χ4v) is 3.50. The molecule has 0 radical (unpaired) electrons. The number of rotatable bonds is 7. The molecular weight excluding hydrogens is 444 g/mol. The van der Waals surface area contributed by atoms with Crippen molar-refractivity contribution in [1.82, 2.24) is 10.2 Å². The molecule has 1 aliphatic rings. The van der Waals surface area contributed by atoms with E-state index in [1.807, 2.05) is 0 Å². The summed E-state index contributed by atoms with van der Waals surface area (Å²) in [7, 11) is 0. The molecular formula is C25H19ClN2O5. The van der Waals surface area contributed by atoms with Crippen LogP contribution in [0.2, 0.25) is 5.02 Å². The van der Waals surface area contributed by atoms with Gasteiger partial charge in [0.2, 0.25) is 0 Å². The Labute approximate surface area is 194 Å². The van der Waals surface area contributed by atoms with E-state index in [1.165, 1.54) is 12.1 Å². The number of nitrogens with one attached hydrogen (secondary N) is 1. The Kier molecular flexibility index (Phi) is 6.42. The molecule has 166 valence electrons. The number of carboxylic acid groups (broad SMARTS) is 1. The molecule has 8 heteroatoms. The zero-order valence-corrected chi connectivity index (χ0v) is 18.1. The van der Waals surface area contributed by atoms with Crippen LogP contribution in [0.3, 0.4) is 0 Å². The predicted octanol–water partition coefficient (Wildman–Crippen LogP) is 4.71. The maximum Gasteiger partial charge on any atom is 0.335 e. The molecule has 3 aromatic carbocycles. The minimum absolute atomic E-state index is 0.0617. The Morgan fingerprint density at radius 2 is 1.70 bits per heavy atom. The van der Waals surface area contributed by atoms with Crippen LogP contribution >= 0.6 is 11.6 Å². The zero-order chi connectivity index (χ0) is 23.4. The molecule has 7 nitrogen and oxygen atoms in total. The third kappa shape index (κ3) is 5.05. The monoisotopic (exact) mass is 462 g/mol. The Balaban J connectivity index is 1.50. The molecule has 0 aliphatic carbocycles. The first-order valence-corrected chi connectivity index (χ1v) is 10.4. The summed E-state index contributed by atoms with van der Waals surface area (Å²) in [5.41, 5.74) is 2.40. The van der Waals surface area contributed by atoms with Crippen LogP contribution in [-0.4, -0.2) is 27.9 Å². The van der Waals surface area contributed by atoms with Gasteiger partial charge in [0, 0.05) is 10.6 Å². The van der Waals surface area contributed by atoms with Gasteiger partial charge in [-0.2, -0.15) is 0 Å². The topological polar surface area (TPSA) is 95.9 Å². The van der Waals surface area contributed by atoms with E-state index in [0.717, 1.165) is 10.5 Å². The second-order valence-electron chi connectivity index (χ2n) is 7.30. The molecule has 0 aromatic heterocycles. The number of carboxylic acids is 1. The zero-order valence-electron chi connectivity index (χ0n) is 17.3. The van der Waals surface area contributed by atoms with Gasteiger partial charge in [0.05, 0.1) is 12.1 Å². The van der Waals surface area contributed by atoms with Crippen LogP contribution in [-0.2, 0) is 17.9 Å². The predicted molar refractivity (Wildman–Crippen MR) is 123 cm³/mol. The first kappa shape index (κ1) is 22.1. The van der Waals surface area contributed by atoms with Gasteiger partial charge in [-0.15, -0.1) is 0 Å². The van der Waals surface area contributed by atoms with Crippen molar-refractivity contribution < 1.29 is 24.2 Å². The Morgan fingerprint density at radius 1 is 1.00 bits per heavy atom.